The Bertz CT molecular complexity index is 629. The molecule has 20 heavy (non-hydrogen) atoms. The quantitative estimate of drug-likeness (QED) is 0.759. The SMILES string of the molecule is Cc1ccc(C(C)(C)C)c(Oc2cccc(Cl)c2N)c1. The number of aryl methyl sites for hydroxylation is 1. The molecule has 2 aromatic carbocycles. The van der Waals surface area contributed by atoms with Gasteiger partial charge in [0.1, 0.15) is 5.75 Å². The maximum atomic E-state index is 6.04. The van der Waals surface area contributed by atoms with Crippen LogP contribution in [0.15, 0.2) is 36.4 Å². The van der Waals surface area contributed by atoms with E-state index in [9.17, 15) is 0 Å². The minimum Gasteiger partial charge on any atom is -0.455 e. The predicted molar refractivity (Wildman–Crippen MR) is 85.8 cm³/mol. The summed E-state index contributed by atoms with van der Waals surface area (Å²) in [6.45, 7) is 8.52. The molecule has 2 aromatic rings. The number of nitrogen functional groups attached to an aromatic ring is 1. The molecular formula is C17H20ClNO. The molecule has 0 amide bonds. The maximum absolute atomic E-state index is 6.04. The van der Waals surface area contributed by atoms with Crippen LogP contribution in [0.1, 0.15) is 31.9 Å². The van der Waals surface area contributed by atoms with Crippen LogP contribution < -0.4 is 10.5 Å². The first kappa shape index (κ1) is 14.7. The number of halogens is 1. The molecule has 0 aliphatic heterocycles. The number of benzene rings is 2. The van der Waals surface area contributed by atoms with Crippen LogP contribution in [0, 0.1) is 6.92 Å². The number of hydrogen-bond acceptors (Lipinski definition) is 2. The van der Waals surface area contributed by atoms with Gasteiger partial charge in [0.05, 0.1) is 10.7 Å². The molecule has 0 spiro atoms. The highest BCUT2D eigenvalue weighted by Crippen LogP contribution is 2.38. The van der Waals surface area contributed by atoms with Crippen LogP contribution in [-0.4, -0.2) is 0 Å². The Hall–Kier alpha value is -1.67. The van der Waals surface area contributed by atoms with Crippen LogP contribution in [0.25, 0.3) is 0 Å². The fourth-order valence-electron chi connectivity index (χ4n) is 2.06. The highest BCUT2D eigenvalue weighted by molar-refractivity contribution is 6.33. The van der Waals surface area contributed by atoms with E-state index in [2.05, 4.69) is 32.9 Å². The van der Waals surface area contributed by atoms with Gasteiger partial charge in [0.15, 0.2) is 5.75 Å². The van der Waals surface area contributed by atoms with E-state index in [1.807, 2.05) is 25.1 Å². The van der Waals surface area contributed by atoms with Crippen molar-refractivity contribution in [2.24, 2.45) is 0 Å². The summed E-state index contributed by atoms with van der Waals surface area (Å²) >= 11 is 6.04. The topological polar surface area (TPSA) is 35.2 Å². The van der Waals surface area contributed by atoms with E-state index >= 15 is 0 Å². The highest BCUT2D eigenvalue weighted by Gasteiger charge is 2.20. The van der Waals surface area contributed by atoms with Crippen molar-refractivity contribution in [1.29, 1.82) is 0 Å². The minimum atomic E-state index is -0.00360. The lowest BCUT2D eigenvalue weighted by atomic mass is 9.86. The van der Waals surface area contributed by atoms with E-state index in [0.29, 0.717) is 16.5 Å². The Morgan fingerprint density at radius 2 is 1.75 bits per heavy atom. The standard InChI is InChI=1S/C17H20ClNO/c1-11-8-9-12(17(2,3)4)15(10-11)20-14-7-5-6-13(18)16(14)19/h5-10H,19H2,1-4H3. The maximum Gasteiger partial charge on any atom is 0.151 e. The van der Waals surface area contributed by atoms with Gasteiger partial charge in [0, 0.05) is 5.56 Å². The van der Waals surface area contributed by atoms with E-state index in [0.717, 1.165) is 16.9 Å². The molecule has 0 saturated carbocycles. The zero-order valence-corrected chi connectivity index (χ0v) is 13.1. The summed E-state index contributed by atoms with van der Waals surface area (Å²) in [5.74, 6) is 1.42. The van der Waals surface area contributed by atoms with E-state index in [-0.39, 0.29) is 5.41 Å². The molecule has 0 atom stereocenters. The van der Waals surface area contributed by atoms with Crippen molar-refractivity contribution in [2.45, 2.75) is 33.1 Å². The molecule has 2 N–H and O–H groups in total. The van der Waals surface area contributed by atoms with Crippen molar-refractivity contribution in [1.82, 2.24) is 0 Å². The summed E-state index contributed by atoms with van der Waals surface area (Å²) in [7, 11) is 0. The molecule has 0 bridgehead atoms. The van der Waals surface area contributed by atoms with E-state index in [4.69, 9.17) is 22.1 Å². The molecular weight excluding hydrogens is 270 g/mol. The van der Waals surface area contributed by atoms with E-state index in [1.165, 1.54) is 0 Å². The first-order valence-electron chi connectivity index (χ1n) is 6.62. The smallest absolute Gasteiger partial charge is 0.151 e. The third-order valence-corrected chi connectivity index (χ3v) is 3.51. The van der Waals surface area contributed by atoms with Crippen molar-refractivity contribution < 1.29 is 4.74 Å². The number of anilines is 1. The molecule has 3 heteroatoms. The summed E-state index contributed by atoms with van der Waals surface area (Å²) in [4.78, 5) is 0. The average molecular weight is 290 g/mol. The molecule has 0 unspecified atom stereocenters. The van der Waals surface area contributed by atoms with Crippen molar-refractivity contribution >= 4 is 17.3 Å². The van der Waals surface area contributed by atoms with Gasteiger partial charge < -0.3 is 10.5 Å². The second kappa shape index (κ2) is 5.37. The summed E-state index contributed by atoms with van der Waals surface area (Å²) in [6.07, 6.45) is 0. The third-order valence-electron chi connectivity index (χ3n) is 3.18. The Labute approximate surface area is 125 Å². The van der Waals surface area contributed by atoms with Gasteiger partial charge in [-0.2, -0.15) is 0 Å². The summed E-state index contributed by atoms with van der Waals surface area (Å²) < 4.78 is 6.02. The van der Waals surface area contributed by atoms with Crippen molar-refractivity contribution in [3.8, 4) is 11.5 Å². The van der Waals surface area contributed by atoms with Gasteiger partial charge in [-0.3, -0.25) is 0 Å². The van der Waals surface area contributed by atoms with Gasteiger partial charge in [0.2, 0.25) is 0 Å². The molecule has 0 heterocycles. The molecule has 0 aromatic heterocycles. The van der Waals surface area contributed by atoms with Gasteiger partial charge in [-0.15, -0.1) is 0 Å². The average Bonchev–Trinajstić information content (AvgIpc) is 2.33. The summed E-state index contributed by atoms with van der Waals surface area (Å²) in [5, 5.41) is 0.507. The Morgan fingerprint density at radius 1 is 1.05 bits per heavy atom. The molecule has 0 aliphatic carbocycles. The molecule has 0 saturated heterocycles. The third kappa shape index (κ3) is 3.07. The lowest BCUT2D eigenvalue weighted by Crippen LogP contribution is -2.12. The van der Waals surface area contributed by atoms with Gasteiger partial charge in [-0.1, -0.05) is 50.6 Å². The highest BCUT2D eigenvalue weighted by atomic mass is 35.5. The number of para-hydroxylation sites is 1. The largest absolute Gasteiger partial charge is 0.455 e. The predicted octanol–water partition coefficient (Wildman–Crippen LogP) is 5.32. The fraction of sp³-hybridized carbons (Fsp3) is 0.294. The first-order valence-corrected chi connectivity index (χ1v) is 7.00. The number of rotatable bonds is 2. The molecule has 2 rings (SSSR count). The van der Waals surface area contributed by atoms with Gasteiger partial charge >= 0.3 is 0 Å². The normalized spacial score (nSPS) is 11.4. The van der Waals surface area contributed by atoms with Crippen molar-refractivity contribution in [3.63, 3.8) is 0 Å². The Morgan fingerprint density at radius 3 is 2.40 bits per heavy atom. The first-order chi connectivity index (χ1) is 9.29. The van der Waals surface area contributed by atoms with Crippen molar-refractivity contribution in [3.05, 3.63) is 52.5 Å². The molecule has 0 fully saturated rings. The monoisotopic (exact) mass is 289 g/mol. The van der Waals surface area contributed by atoms with E-state index in [1.54, 1.807) is 6.07 Å². The lowest BCUT2D eigenvalue weighted by Gasteiger charge is -2.23. The molecule has 0 aliphatic rings. The van der Waals surface area contributed by atoms with E-state index < -0.39 is 0 Å². The Kier molecular flexibility index (Phi) is 3.96. The molecule has 2 nitrogen and oxygen atoms in total. The fourth-order valence-corrected chi connectivity index (χ4v) is 2.22. The Balaban J connectivity index is 2.48. The van der Waals surface area contributed by atoms with Crippen LogP contribution in [0.4, 0.5) is 5.69 Å². The minimum absolute atomic E-state index is 0.00360. The van der Waals surface area contributed by atoms with Crippen LogP contribution >= 0.6 is 11.6 Å². The zero-order valence-electron chi connectivity index (χ0n) is 12.3. The molecule has 106 valence electrons. The summed E-state index contributed by atoms with van der Waals surface area (Å²) in [6, 6.07) is 11.6. The lowest BCUT2D eigenvalue weighted by molar-refractivity contribution is 0.457. The number of hydrogen-bond donors (Lipinski definition) is 1. The molecule has 0 radical (unpaired) electrons. The second-order valence-corrected chi connectivity index (χ2v) is 6.41. The van der Waals surface area contributed by atoms with Crippen LogP contribution in [-0.2, 0) is 5.41 Å². The second-order valence-electron chi connectivity index (χ2n) is 6.00. The van der Waals surface area contributed by atoms with Crippen molar-refractivity contribution in [2.75, 3.05) is 5.73 Å². The summed E-state index contributed by atoms with van der Waals surface area (Å²) in [5.41, 5.74) is 8.72. The van der Waals surface area contributed by atoms with Gasteiger partial charge in [0.25, 0.3) is 0 Å². The van der Waals surface area contributed by atoms with Gasteiger partial charge in [-0.05, 0) is 36.1 Å². The zero-order chi connectivity index (χ0) is 14.9. The van der Waals surface area contributed by atoms with Crippen LogP contribution in [0.5, 0.6) is 11.5 Å². The number of nitrogens with two attached hydrogens (primary N) is 1. The van der Waals surface area contributed by atoms with Crippen LogP contribution in [0.2, 0.25) is 5.02 Å². The van der Waals surface area contributed by atoms with Crippen LogP contribution in [0.3, 0.4) is 0 Å². The van der Waals surface area contributed by atoms with Gasteiger partial charge in [-0.25, -0.2) is 0 Å². The number of ether oxygens (including phenoxy) is 1.